The summed E-state index contributed by atoms with van der Waals surface area (Å²) in [6, 6.07) is 15.6. The van der Waals surface area contributed by atoms with Crippen LogP contribution in [0.15, 0.2) is 48.5 Å². The fourth-order valence-corrected chi connectivity index (χ4v) is 2.87. The van der Waals surface area contributed by atoms with Crippen molar-refractivity contribution in [3.05, 3.63) is 59.7 Å². The van der Waals surface area contributed by atoms with Gasteiger partial charge in [-0.05, 0) is 55.9 Å². The Balaban J connectivity index is 1.96. The zero-order chi connectivity index (χ0) is 20.7. The van der Waals surface area contributed by atoms with Crippen molar-refractivity contribution in [3.63, 3.8) is 0 Å². The normalized spacial score (nSPS) is 11.8. The molecule has 150 valence electrons. The molecule has 6 nitrogen and oxygen atoms in total. The summed E-state index contributed by atoms with van der Waals surface area (Å²) in [5.41, 5.74) is 3.97. The summed E-state index contributed by atoms with van der Waals surface area (Å²) in [6.07, 6.45) is 0.927. The van der Waals surface area contributed by atoms with Crippen molar-refractivity contribution in [1.82, 2.24) is 10.2 Å². The number of likely N-dealkylation sites (N-methyl/N-ethyl adjacent to an activating group) is 1. The first kappa shape index (κ1) is 21.4. The van der Waals surface area contributed by atoms with Crippen molar-refractivity contribution >= 4 is 23.2 Å². The molecule has 2 amide bonds. The summed E-state index contributed by atoms with van der Waals surface area (Å²) in [6.45, 7) is 2.41. The van der Waals surface area contributed by atoms with Crippen LogP contribution in [0.1, 0.15) is 24.1 Å². The van der Waals surface area contributed by atoms with E-state index in [1.807, 2.05) is 74.4 Å². The number of aryl methyl sites for hydroxylation is 1. The maximum Gasteiger partial charge on any atom is 0.313 e. The first-order valence-electron chi connectivity index (χ1n) is 9.43. The third-order valence-electron chi connectivity index (χ3n) is 4.70. The predicted octanol–water partition coefficient (Wildman–Crippen LogP) is 2.67. The van der Waals surface area contributed by atoms with Crippen LogP contribution in [0, 0.1) is 0 Å². The minimum absolute atomic E-state index is 0.0307. The van der Waals surface area contributed by atoms with Gasteiger partial charge in [0.05, 0.1) is 6.04 Å². The van der Waals surface area contributed by atoms with Crippen molar-refractivity contribution in [3.8, 4) is 0 Å². The molecule has 0 fully saturated rings. The molecule has 0 saturated heterocycles. The Hall–Kier alpha value is -2.86. The highest BCUT2D eigenvalue weighted by Crippen LogP contribution is 2.21. The van der Waals surface area contributed by atoms with E-state index in [-0.39, 0.29) is 6.04 Å². The lowest BCUT2D eigenvalue weighted by Gasteiger charge is -2.25. The average Bonchev–Trinajstić information content (AvgIpc) is 2.68. The summed E-state index contributed by atoms with van der Waals surface area (Å²) in [5.74, 6) is -1.30. The maximum absolute atomic E-state index is 12.2. The number of hydrogen-bond donors (Lipinski definition) is 2. The van der Waals surface area contributed by atoms with Crippen LogP contribution in [0.25, 0.3) is 0 Å². The van der Waals surface area contributed by atoms with Gasteiger partial charge in [-0.1, -0.05) is 31.2 Å². The summed E-state index contributed by atoms with van der Waals surface area (Å²) < 4.78 is 0. The highest BCUT2D eigenvalue weighted by atomic mass is 16.2. The second-order valence-corrected chi connectivity index (χ2v) is 7.18. The molecular formula is C22H30N4O2. The molecule has 2 rings (SSSR count). The van der Waals surface area contributed by atoms with Crippen molar-refractivity contribution in [2.45, 2.75) is 19.4 Å². The van der Waals surface area contributed by atoms with Crippen molar-refractivity contribution in [2.75, 3.05) is 45.0 Å². The minimum atomic E-state index is -0.662. The average molecular weight is 383 g/mol. The van der Waals surface area contributed by atoms with Crippen LogP contribution >= 0.6 is 0 Å². The van der Waals surface area contributed by atoms with E-state index < -0.39 is 11.8 Å². The number of amides is 2. The third-order valence-corrected chi connectivity index (χ3v) is 4.70. The number of hydrogen-bond acceptors (Lipinski definition) is 4. The molecule has 2 aromatic carbocycles. The third kappa shape index (κ3) is 5.82. The topological polar surface area (TPSA) is 64.7 Å². The highest BCUT2D eigenvalue weighted by Gasteiger charge is 2.19. The minimum Gasteiger partial charge on any atom is -0.378 e. The van der Waals surface area contributed by atoms with Gasteiger partial charge < -0.3 is 20.4 Å². The fraction of sp³-hybridized carbons (Fsp3) is 0.364. The lowest BCUT2D eigenvalue weighted by Crippen LogP contribution is -2.40. The Morgan fingerprint density at radius 2 is 1.50 bits per heavy atom. The molecule has 0 saturated carbocycles. The molecule has 0 spiro atoms. The molecule has 1 atom stereocenters. The van der Waals surface area contributed by atoms with Crippen molar-refractivity contribution in [2.24, 2.45) is 0 Å². The van der Waals surface area contributed by atoms with Gasteiger partial charge in [0, 0.05) is 32.0 Å². The van der Waals surface area contributed by atoms with E-state index in [0.717, 1.165) is 17.7 Å². The summed E-state index contributed by atoms with van der Waals surface area (Å²) in [7, 11) is 7.89. The van der Waals surface area contributed by atoms with E-state index in [1.165, 1.54) is 5.56 Å². The van der Waals surface area contributed by atoms with Crippen LogP contribution in [0.2, 0.25) is 0 Å². The van der Waals surface area contributed by atoms with Crippen LogP contribution in [-0.2, 0) is 16.0 Å². The number of nitrogens with zero attached hydrogens (tertiary/aromatic N) is 2. The van der Waals surface area contributed by atoms with Gasteiger partial charge in [0.25, 0.3) is 0 Å². The predicted molar refractivity (Wildman–Crippen MR) is 115 cm³/mol. The number of anilines is 2. The first-order chi connectivity index (χ1) is 13.3. The summed E-state index contributed by atoms with van der Waals surface area (Å²) >= 11 is 0. The maximum atomic E-state index is 12.2. The molecule has 0 aliphatic carbocycles. The Morgan fingerprint density at radius 3 is 2.00 bits per heavy atom. The van der Waals surface area contributed by atoms with Crippen LogP contribution in [0.4, 0.5) is 11.4 Å². The smallest absolute Gasteiger partial charge is 0.313 e. The van der Waals surface area contributed by atoms with E-state index in [4.69, 9.17) is 0 Å². The molecule has 0 aliphatic rings. The van der Waals surface area contributed by atoms with E-state index >= 15 is 0 Å². The van der Waals surface area contributed by atoms with Gasteiger partial charge >= 0.3 is 11.8 Å². The monoisotopic (exact) mass is 382 g/mol. The molecule has 0 aromatic heterocycles. The molecule has 28 heavy (non-hydrogen) atoms. The van der Waals surface area contributed by atoms with Gasteiger partial charge in [-0.3, -0.25) is 9.59 Å². The largest absolute Gasteiger partial charge is 0.378 e. The summed E-state index contributed by atoms with van der Waals surface area (Å²) in [5, 5.41) is 5.38. The van der Waals surface area contributed by atoms with E-state index in [0.29, 0.717) is 12.2 Å². The number of rotatable bonds is 7. The van der Waals surface area contributed by atoms with Gasteiger partial charge in [-0.2, -0.15) is 0 Å². The van der Waals surface area contributed by atoms with Crippen LogP contribution < -0.4 is 15.5 Å². The number of nitrogens with one attached hydrogen (secondary N) is 2. The summed E-state index contributed by atoms with van der Waals surface area (Å²) in [4.78, 5) is 28.4. The molecule has 0 radical (unpaired) electrons. The van der Waals surface area contributed by atoms with Gasteiger partial charge in [0.15, 0.2) is 0 Å². The molecule has 0 aliphatic heterocycles. The quantitative estimate of drug-likeness (QED) is 0.723. The Bertz CT molecular complexity index is 783. The molecule has 0 heterocycles. The molecular weight excluding hydrogens is 352 g/mol. The van der Waals surface area contributed by atoms with Gasteiger partial charge in [-0.15, -0.1) is 0 Å². The van der Waals surface area contributed by atoms with Crippen molar-refractivity contribution in [1.29, 1.82) is 0 Å². The molecule has 2 aromatic rings. The van der Waals surface area contributed by atoms with Crippen LogP contribution in [0.3, 0.4) is 0 Å². The molecule has 6 heteroatoms. The van der Waals surface area contributed by atoms with Gasteiger partial charge in [0.1, 0.15) is 0 Å². The number of benzene rings is 2. The fourth-order valence-electron chi connectivity index (χ4n) is 2.87. The second kappa shape index (κ2) is 9.90. The molecule has 2 N–H and O–H groups in total. The van der Waals surface area contributed by atoms with E-state index in [1.54, 1.807) is 12.1 Å². The molecule has 0 bridgehead atoms. The zero-order valence-corrected chi connectivity index (χ0v) is 17.3. The first-order valence-corrected chi connectivity index (χ1v) is 9.43. The Morgan fingerprint density at radius 1 is 0.893 bits per heavy atom. The van der Waals surface area contributed by atoms with Gasteiger partial charge in [-0.25, -0.2) is 0 Å². The SMILES string of the molecule is CCc1ccc(NC(=O)C(=O)NC[C@H](c2ccc(N(C)C)cc2)N(C)C)cc1. The zero-order valence-electron chi connectivity index (χ0n) is 17.3. The van der Waals surface area contributed by atoms with E-state index in [9.17, 15) is 9.59 Å². The van der Waals surface area contributed by atoms with Crippen LogP contribution in [-0.4, -0.2) is 51.4 Å². The highest BCUT2D eigenvalue weighted by molar-refractivity contribution is 6.39. The Labute approximate surface area is 167 Å². The van der Waals surface area contributed by atoms with E-state index in [2.05, 4.69) is 17.6 Å². The Kier molecular flexibility index (Phi) is 7.58. The lowest BCUT2D eigenvalue weighted by molar-refractivity contribution is -0.136. The van der Waals surface area contributed by atoms with Gasteiger partial charge in [0.2, 0.25) is 0 Å². The second-order valence-electron chi connectivity index (χ2n) is 7.18. The number of carbonyl (C=O) groups excluding carboxylic acids is 2. The van der Waals surface area contributed by atoms with Crippen LogP contribution in [0.5, 0.6) is 0 Å². The number of carbonyl (C=O) groups is 2. The van der Waals surface area contributed by atoms with Crippen molar-refractivity contribution < 1.29 is 9.59 Å². The lowest BCUT2D eigenvalue weighted by atomic mass is 10.1. The molecule has 0 unspecified atom stereocenters. The standard InChI is InChI=1S/C22H30N4O2/c1-6-16-7-11-18(12-8-16)24-22(28)21(27)23-15-20(26(4)5)17-9-13-19(14-10-17)25(2)3/h7-14,20H,6,15H2,1-5H3,(H,23,27)(H,24,28)/t20-/m1/s1.